The number of rotatable bonds is 6. The molecule has 1 atom stereocenters. The molecular weight excluding hydrogens is 190 g/mol. The highest BCUT2D eigenvalue weighted by Crippen LogP contribution is 2.09. The van der Waals surface area contributed by atoms with Crippen LogP contribution in [0.4, 0.5) is 0 Å². The second kappa shape index (κ2) is 6.08. The van der Waals surface area contributed by atoms with E-state index in [0.29, 0.717) is 6.04 Å². The zero-order chi connectivity index (χ0) is 11.3. The Hall–Kier alpha value is -0.610. The maximum atomic E-state index is 11.8. The van der Waals surface area contributed by atoms with Gasteiger partial charge in [0.2, 0.25) is 5.91 Å². The van der Waals surface area contributed by atoms with Crippen LogP contribution < -0.4 is 10.6 Å². The topological polar surface area (TPSA) is 44.4 Å². The molecule has 15 heavy (non-hydrogen) atoms. The van der Waals surface area contributed by atoms with E-state index in [4.69, 9.17) is 0 Å². The zero-order valence-electron chi connectivity index (χ0n) is 10.0. The molecule has 0 bridgehead atoms. The van der Waals surface area contributed by atoms with E-state index >= 15 is 0 Å². The predicted octanol–water partition coefficient (Wildman–Crippen LogP) is 0.195. The SMILES string of the molecule is CCCNC(=O)C(C)N(CC)C1CNC1. The molecule has 1 aliphatic rings. The summed E-state index contributed by atoms with van der Waals surface area (Å²) in [6.45, 7) is 9.92. The molecule has 0 aliphatic carbocycles. The Kier molecular flexibility index (Phi) is 5.05. The fourth-order valence-corrected chi connectivity index (χ4v) is 1.90. The third-order valence-electron chi connectivity index (χ3n) is 3.02. The largest absolute Gasteiger partial charge is 0.355 e. The summed E-state index contributed by atoms with van der Waals surface area (Å²) in [5.41, 5.74) is 0. The molecule has 2 N–H and O–H groups in total. The van der Waals surface area contributed by atoms with Crippen LogP contribution in [0.5, 0.6) is 0 Å². The van der Waals surface area contributed by atoms with Gasteiger partial charge in [-0.25, -0.2) is 0 Å². The quantitative estimate of drug-likeness (QED) is 0.662. The van der Waals surface area contributed by atoms with Crippen molar-refractivity contribution in [3.05, 3.63) is 0 Å². The predicted molar refractivity (Wildman–Crippen MR) is 61.8 cm³/mol. The molecule has 0 aromatic heterocycles. The van der Waals surface area contributed by atoms with E-state index < -0.39 is 0 Å². The van der Waals surface area contributed by atoms with Gasteiger partial charge in [0.05, 0.1) is 6.04 Å². The summed E-state index contributed by atoms with van der Waals surface area (Å²) in [6, 6.07) is 0.533. The molecule has 1 fully saturated rings. The van der Waals surface area contributed by atoms with Crippen LogP contribution in [0.15, 0.2) is 0 Å². The third kappa shape index (κ3) is 3.18. The van der Waals surface area contributed by atoms with Crippen LogP contribution in [-0.4, -0.2) is 49.1 Å². The Labute approximate surface area is 92.4 Å². The Morgan fingerprint density at radius 2 is 2.20 bits per heavy atom. The van der Waals surface area contributed by atoms with Crippen molar-refractivity contribution in [3.63, 3.8) is 0 Å². The number of likely N-dealkylation sites (N-methyl/N-ethyl adjacent to an activating group) is 1. The number of carbonyl (C=O) groups is 1. The van der Waals surface area contributed by atoms with Crippen molar-refractivity contribution in [3.8, 4) is 0 Å². The minimum atomic E-state index is -0.00588. The maximum absolute atomic E-state index is 11.8. The molecule has 1 heterocycles. The average Bonchev–Trinajstić information content (AvgIpc) is 2.18. The normalized spacial score (nSPS) is 18.7. The van der Waals surface area contributed by atoms with Crippen molar-refractivity contribution in [2.45, 2.75) is 39.3 Å². The lowest BCUT2D eigenvalue weighted by molar-refractivity contribution is -0.127. The first-order chi connectivity index (χ1) is 7.20. The second-order valence-corrected chi connectivity index (χ2v) is 4.11. The van der Waals surface area contributed by atoms with E-state index in [1.165, 1.54) is 0 Å². The molecule has 4 heteroatoms. The first-order valence-electron chi connectivity index (χ1n) is 5.94. The van der Waals surface area contributed by atoms with Gasteiger partial charge < -0.3 is 10.6 Å². The van der Waals surface area contributed by atoms with Crippen LogP contribution in [0.25, 0.3) is 0 Å². The van der Waals surface area contributed by atoms with Gasteiger partial charge in [-0.05, 0) is 19.9 Å². The first kappa shape index (κ1) is 12.5. The lowest BCUT2D eigenvalue weighted by Crippen LogP contribution is -2.61. The molecule has 1 aliphatic heterocycles. The molecule has 0 aromatic rings. The minimum absolute atomic E-state index is 0.00588. The highest BCUT2D eigenvalue weighted by Gasteiger charge is 2.30. The summed E-state index contributed by atoms with van der Waals surface area (Å²) in [7, 11) is 0. The summed E-state index contributed by atoms with van der Waals surface area (Å²) in [6.07, 6.45) is 0.996. The van der Waals surface area contributed by atoms with E-state index in [1.807, 2.05) is 6.92 Å². The van der Waals surface area contributed by atoms with Gasteiger partial charge in [-0.3, -0.25) is 9.69 Å². The van der Waals surface area contributed by atoms with Gasteiger partial charge in [0.1, 0.15) is 0 Å². The van der Waals surface area contributed by atoms with Crippen molar-refractivity contribution >= 4 is 5.91 Å². The highest BCUT2D eigenvalue weighted by molar-refractivity contribution is 5.81. The fraction of sp³-hybridized carbons (Fsp3) is 0.909. The van der Waals surface area contributed by atoms with Crippen molar-refractivity contribution in [2.75, 3.05) is 26.2 Å². The maximum Gasteiger partial charge on any atom is 0.237 e. The first-order valence-corrected chi connectivity index (χ1v) is 5.94. The Morgan fingerprint density at radius 3 is 2.60 bits per heavy atom. The second-order valence-electron chi connectivity index (χ2n) is 4.11. The van der Waals surface area contributed by atoms with E-state index in [0.717, 1.165) is 32.6 Å². The van der Waals surface area contributed by atoms with Gasteiger partial charge in [0, 0.05) is 25.7 Å². The summed E-state index contributed by atoms with van der Waals surface area (Å²) in [5, 5.41) is 6.19. The van der Waals surface area contributed by atoms with E-state index in [2.05, 4.69) is 29.4 Å². The van der Waals surface area contributed by atoms with Crippen LogP contribution in [-0.2, 0) is 4.79 Å². The Morgan fingerprint density at radius 1 is 1.53 bits per heavy atom. The molecule has 0 spiro atoms. The molecule has 88 valence electrons. The lowest BCUT2D eigenvalue weighted by atomic mass is 10.1. The molecule has 0 radical (unpaired) electrons. The Balaban J connectivity index is 2.40. The lowest BCUT2D eigenvalue weighted by Gasteiger charge is -2.40. The van der Waals surface area contributed by atoms with Crippen molar-refractivity contribution in [1.29, 1.82) is 0 Å². The summed E-state index contributed by atoms with van der Waals surface area (Å²) in [5.74, 6) is 0.158. The van der Waals surface area contributed by atoms with Gasteiger partial charge in [-0.2, -0.15) is 0 Å². The number of carbonyl (C=O) groups excluding carboxylic acids is 1. The third-order valence-corrected chi connectivity index (χ3v) is 3.02. The molecule has 1 rings (SSSR count). The highest BCUT2D eigenvalue weighted by atomic mass is 16.2. The summed E-state index contributed by atoms with van der Waals surface area (Å²) < 4.78 is 0. The van der Waals surface area contributed by atoms with Crippen LogP contribution in [0.3, 0.4) is 0 Å². The zero-order valence-corrected chi connectivity index (χ0v) is 10.0. The number of amides is 1. The molecule has 0 saturated carbocycles. The van der Waals surface area contributed by atoms with E-state index in [1.54, 1.807) is 0 Å². The number of nitrogens with zero attached hydrogens (tertiary/aromatic N) is 1. The average molecular weight is 213 g/mol. The van der Waals surface area contributed by atoms with Crippen molar-refractivity contribution < 1.29 is 4.79 Å². The minimum Gasteiger partial charge on any atom is -0.355 e. The van der Waals surface area contributed by atoms with Crippen LogP contribution in [0, 0.1) is 0 Å². The number of nitrogens with one attached hydrogen (secondary N) is 2. The van der Waals surface area contributed by atoms with Gasteiger partial charge in [-0.15, -0.1) is 0 Å². The smallest absolute Gasteiger partial charge is 0.237 e. The van der Waals surface area contributed by atoms with Gasteiger partial charge in [0.25, 0.3) is 0 Å². The van der Waals surface area contributed by atoms with Crippen molar-refractivity contribution in [1.82, 2.24) is 15.5 Å². The van der Waals surface area contributed by atoms with E-state index in [-0.39, 0.29) is 11.9 Å². The van der Waals surface area contributed by atoms with Gasteiger partial charge in [0.15, 0.2) is 0 Å². The monoisotopic (exact) mass is 213 g/mol. The van der Waals surface area contributed by atoms with Crippen LogP contribution in [0.1, 0.15) is 27.2 Å². The summed E-state index contributed by atoms with van der Waals surface area (Å²) >= 11 is 0. The van der Waals surface area contributed by atoms with Crippen molar-refractivity contribution in [2.24, 2.45) is 0 Å². The fourth-order valence-electron chi connectivity index (χ4n) is 1.90. The molecule has 1 saturated heterocycles. The number of hydrogen-bond acceptors (Lipinski definition) is 3. The molecular formula is C11H23N3O. The van der Waals surface area contributed by atoms with Crippen LogP contribution in [0.2, 0.25) is 0 Å². The molecule has 0 aromatic carbocycles. The van der Waals surface area contributed by atoms with E-state index in [9.17, 15) is 4.79 Å². The number of hydrogen-bond donors (Lipinski definition) is 2. The van der Waals surface area contributed by atoms with Gasteiger partial charge in [-0.1, -0.05) is 13.8 Å². The molecule has 4 nitrogen and oxygen atoms in total. The van der Waals surface area contributed by atoms with Crippen LogP contribution >= 0.6 is 0 Å². The summed E-state index contributed by atoms with van der Waals surface area (Å²) in [4.78, 5) is 14.0. The Bertz CT molecular complexity index is 204. The molecule has 1 amide bonds. The molecule has 1 unspecified atom stereocenters. The standard InChI is InChI=1S/C11H23N3O/c1-4-6-13-11(15)9(3)14(5-2)10-7-12-8-10/h9-10,12H,4-8H2,1-3H3,(H,13,15). The van der Waals surface area contributed by atoms with Gasteiger partial charge >= 0.3 is 0 Å².